The molecule has 0 heterocycles. The molecule has 0 fully saturated rings. The van der Waals surface area contributed by atoms with E-state index in [1.807, 2.05) is 6.07 Å². The van der Waals surface area contributed by atoms with E-state index in [-0.39, 0.29) is 5.82 Å². The van der Waals surface area contributed by atoms with Gasteiger partial charge in [0.1, 0.15) is 5.82 Å². The van der Waals surface area contributed by atoms with Crippen molar-refractivity contribution in [1.82, 2.24) is 4.90 Å². The molecule has 0 aliphatic carbocycles. The lowest BCUT2D eigenvalue weighted by molar-refractivity contribution is 0.253. The third-order valence-electron chi connectivity index (χ3n) is 3.23. The van der Waals surface area contributed by atoms with E-state index >= 15 is 0 Å². The van der Waals surface area contributed by atoms with Crippen LogP contribution < -0.4 is 0 Å². The minimum atomic E-state index is -0.267. The summed E-state index contributed by atoms with van der Waals surface area (Å²) in [5.74, 6) is -0.267. The summed E-state index contributed by atoms with van der Waals surface area (Å²) in [5, 5.41) is 8.74. The molecule has 0 aromatic heterocycles. The molecule has 0 aliphatic heterocycles. The fourth-order valence-corrected chi connectivity index (χ4v) is 2.02. The standard InChI is InChI=1S/C16H23FN2/c1-3-5-9-19(10-6-4-2)13-15-8-7-14(12-18)11-16(15)17/h7-8,11H,3-6,9-10,13H2,1-2H3. The Labute approximate surface area is 115 Å². The van der Waals surface area contributed by atoms with Crippen LogP contribution in [0.5, 0.6) is 0 Å². The average Bonchev–Trinajstić information content (AvgIpc) is 2.43. The van der Waals surface area contributed by atoms with Crippen LogP contribution in [-0.4, -0.2) is 18.0 Å². The molecule has 0 N–H and O–H groups in total. The van der Waals surface area contributed by atoms with Crippen LogP contribution in [0.25, 0.3) is 0 Å². The third-order valence-corrected chi connectivity index (χ3v) is 3.23. The maximum atomic E-state index is 13.9. The monoisotopic (exact) mass is 262 g/mol. The predicted molar refractivity (Wildman–Crippen MR) is 76.2 cm³/mol. The van der Waals surface area contributed by atoms with Crippen LogP contribution in [0.1, 0.15) is 50.7 Å². The lowest BCUT2D eigenvalue weighted by Crippen LogP contribution is -2.26. The highest BCUT2D eigenvalue weighted by atomic mass is 19.1. The van der Waals surface area contributed by atoms with Crippen molar-refractivity contribution in [3.8, 4) is 6.07 Å². The van der Waals surface area contributed by atoms with E-state index in [9.17, 15) is 4.39 Å². The highest BCUT2D eigenvalue weighted by Crippen LogP contribution is 2.13. The van der Waals surface area contributed by atoms with Crippen LogP contribution in [0.2, 0.25) is 0 Å². The molecular weight excluding hydrogens is 239 g/mol. The van der Waals surface area contributed by atoms with Crippen molar-refractivity contribution in [1.29, 1.82) is 5.26 Å². The van der Waals surface area contributed by atoms with Gasteiger partial charge in [-0.15, -0.1) is 0 Å². The van der Waals surface area contributed by atoms with E-state index in [1.54, 1.807) is 12.1 Å². The van der Waals surface area contributed by atoms with E-state index in [2.05, 4.69) is 18.7 Å². The van der Waals surface area contributed by atoms with Crippen molar-refractivity contribution in [2.45, 2.75) is 46.1 Å². The van der Waals surface area contributed by atoms with E-state index < -0.39 is 0 Å². The second-order valence-corrected chi connectivity index (χ2v) is 4.90. The number of hydrogen-bond acceptors (Lipinski definition) is 2. The lowest BCUT2D eigenvalue weighted by Gasteiger charge is -2.22. The Balaban J connectivity index is 2.69. The molecule has 0 unspecified atom stereocenters. The van der Waals surface area contributed by atoms with Crippen molar-refractivity contribution < 1.29 is 4.39 Å². The zero-order chi connectivity index (χ0) is 14.1. The summed E-state index contributed by atoms with van der Waals surface area (Å²) in [5.41, 5.74) is 1.07. The average molecular weight is 262 g/mol. The van der Waals surface area contributed by atoms with E-state index in [0.29, 0.717) is 17.7 Å². The molecule has 0 bridgehead atoms. The Kier molecular flexibility index (Phi) is 7.14. The molecule has 104 valence electrons. The van der Waals surface area contributed by atoms with Gasteiger partial charge in [-0.1, -0.05) is 32.8 Å². The van der Waals surface area contributed by atoms with Gasteiger partial charge in [0.05, 0.1) is 11.6 Å². The van der Waals surface area contributed by atoms with Gasteiger partial charge < -0.3 is 0 Å². The van der Waals surface area contributed by atoms with Crippen molar-refractivity contribution in [2.24, 2.45) is 0 Å². The molecule has 0 amide bonds. The maximum absolute atomic E-state index is 13.9. The van der Waals surface area contributed by atoms with Crippen LogP contribution in [0.4, 0.5) is 4.39 Å². The molecule has 0 radical (unpaired) electrons. The van der Waals surface area contributed by atoms with Crippen LogP contribution in [0.15, 0.2) is 18.2 Å². The Bertz CT molecular complexity index is 415. The molecule has 3 heteroatoms. The number of benzene rings is 1. The van der Waals surface area contributed by atoms with Gasteiger partial charge in [0.25, 0.3) is 0 Å². The number of nitriles is 1. The maximum Gasteiger partial charge on any atom is 0.129 e. The first-order chi connectivity index (χ1) is 9.21. The number of halogens is 1. The summed E-state index contributed by atoms with van der Waals surface area (Å²) in [6.07, 6.45) is 4.58. The number of rotatable bonds is 8. The molecule has 1 aromatic rings. The van der Waals surface area contributed by atoms with Gasteiger partial charge in [-0.3, -0.25) is 4.90 Å². The molecule has 2 nitrogen and oxygen atoms in total. The summed E-state index contributed by atoms with van der Waals surface area (Å²) < 4.78 is 13.9. The molecule has 19 heavy (non-hydrogen) atoms. The summed E-state index contributed by atoms with van der Waals surface area (Å²) >= 11 is 0. The zero-order valence-corrected chi connectivity index (χ0v) is 12.0. The Morgan fingerprint density at radius 3 is 2.26 bits per heavy atom. The molecule has 0 atom stereocenters. The predicted octanol–water partition coefficient (Wildman–Crippen LogP) is 4.10. The molecule has 0 saturated heterocycles. The first-order valence-corrected chi connectivity index (χ1v) is 7.12. The van der Waals surface area contributed by atoms with Crippen molar-refractivity contribution >= 4 is 0 Å². The van der Waals surface area contributed by atoms with Gasteiger partial charge in [0.2, 0.25) is 0 Å². The quantitative estimate of drug-likeness (QED) is 0.705. The Hall–Kier alpha value is -1.40. The molecule has 0 spiro atoms. The van der Waals surface area contributed by atoms with Crippen LogP contribution in [0.3, 0.4) is 0 Å². The highest BCUT2D eigenvalue weighted by molar-refractivity contribution is 5.32. The molecular formula is C16H23FN2. The highest BCUT2D eigenvalue weighted by Gasteiger charge is 2.09. The van der Waals surface area contributed by atoms with Gasteiger partial charge in [0, 0.05) is 12.1 Å². The van der Waals surface area contributed by atoms with Crippen molar-refractivity contribution in [2.75, 3.05) is 13.1 Å². The van der Waals surface area contributed by atoms with Crippen molar-refractivity contribution in [3.63, 3.8) is 0 Å². The molecule has 0 saturated carbocycles. The fraction of sp³-hybridized carbons (Fsp3) is 0.562. The Morgan fingerprint density at radius 1 is 1.16 bits per heavy atom. The summed E-state index contributed by atoms with van der Waals surface area (Å²) in [4.78, 5) is 2.30. The van der Waals surface area contributed by atoms with Crippen LogP contribution >= 0.6 is 0 Å². The van der Waals surface area contributed by atoms with Crippen LogP contribution in [-0.2, 0) is 6.54 Å². The topological polar surface area (TPSA) is 27.0 Å². The fourth-order valence-electron chi connectivity index (χ4n) is 2.02. The Morgan fingerprint density at radius 2 is 1.79 bits per heavy atom. The summed E-state index contributed by atoms with van der Waals surface area (Å²) in [6.45, 7) is 6.99. The number of unbranched alkanes of at least 4 members (excludes halogenated alkanes) is 2. The molecule has 1 aromatic carbocycles. The summed E-state index contributed by atoms with van der Waals surface area (Å²) in [7, 11) is 0. The largest absolute Gasteiger partial charge is 0.299 e. The van der Waals surface area contributed by atoms with Gasteiger partial charge >= 0.3 is 0 Å². The van der Waals surface area contributed by atoms with E-state index in [4.69, 9.17) is 5.26 Å². The van der Waals surface area contributed by atoms with Gasteiger partial charge in [-0.25, -0.2) is 4.39 Å². The SMILES string of the molecule is CCCCN(CCCC)Cc1ccc(C#N)cc1F. The normalized spacial score (nSPS) is 10.7. The first kappa shape index (κ1) is 15.7. The number of hydrogen-bond donors (Lipinski definition) is 0. The molecule has 1 rings (SSSR count). The minimum absolute atomic E-state index is 0.267. The zero-order valence-electron chi connectivity index (χ0n) is 12.0. The van der Waals surface area contributed by atoms with Gasteiger partial charge in [0.15, 0.2) is 0 Å². The van der Waals surface area contributed by atoms with Gasteiger partial charge in [-0.05, 0) is 38.1 Å². The smallest absolute Gasteiger partial charge is 0.129 e. The lowest BCUT2D eigenvalue weighted by atomic mass is 10.1. The third kappa shape index (κ3) is 5.40. The second-order valence-electron chi connectivity index (χ2n) is 4.90. The molecule has 0 aliphatic rings. The van der Waals surface area contributed by atoms with Crippen LogP contribution in [0, 0.1) is 17.1 Å². The second kappa shape index (κ2) is 8.66. The van der Waals surface area contributed by atoms with E-state index in [1.165, 1.54) is 6.07 Å². The summed E-state index contributed by atoms with van der Waals surface area (Å²) in [6, 6.07) is 6.72. The van der Waals surface area contributed by atoms with E-state index in [0.717, 1.165) is 38.8 Å². The van der Waals surface area contributed by atoms with Gasteiger partial charge in [-0.2, -0.15) is 5.26 Å². The van der Waals surface area contributed by atoms with Crippen molar-refractivity contribution in [3.05, 3.63) is 35.1 Å². The first-order valence-electron chi connectivity index (χ1n) is 7.12. The minimum Gasteiger partial charge on any atom is -0.299 e. The number of nitrogens with zero attached hydrogens (tertiary/aromatic N) is 2.